The maximum Gasteiger partial charge on any atom is 0.339 e. The Bertz CT molecular complexity index is 1130. The summed E-state index contributed by atoms with van der Waals surface area (Å²) < 4.78 is 16.3. The molecule has 0 atom stereocenters. The van der Waals surface area contributed by atoms with E-state index in [4.69, 9.17) is 25.5 Å². The smallest absolute Gasteiger partial charge is 0.339 e. The topological polar surface area (TPSA) is 65.7 Å². The fraction of sp³-hybridized carbons (Fsp3) is 0.250. The highest BCUT2D eigenvalue weighted by Gasteiger charge is 2.16. The van der Waals surface area contributed by atoms with Crippen molar-refractivity contribution in [2.45, 2.75) is 33.3 Å². The van der Waals surface area contributed by atoms with Gasteiger partial charge in [-0.2, -0.15) is 0 Å². The zero-order valence-electron chi connectivity index (χ0n) is 17.0. The molecule has 0 fully saturated rings. The molecule has 0 amide bonds. The highest BCUT2D eigenvalue weighted by molar-refractivity contribution is 6.32. The van der Waals surface area contributed by atoms with Crippen LogP contribution >= 0.6 is 11.6 Å². The van der Waals surface area contributed by atoms with Gasteiger partial charge >= 0.3 is 11.6 Å². The molecule has 30 heavy (non-hydrogen) atoms. The van der Waals surface area contributed by atoms with E-state index in [2.05, 4.69) is 6.58 Å². The van der Waals surface area contributed by atoms with Crippen LogP contribution in [0, 0.1) is 6.92 Å². The molecular weight excluding hydrogens is 404 g/mol. The standard InChI is InChI=1S/C24H23ClO5/c1-4-16-6-8-17(9-7-16)14-29-22-13-21-19(12-20(22)25)15(3)18(24(27)30-21)10-11-23(26)28-5-2/h4,6-9,12-13H,1,5,10-11,14H2,2-3H3. The van der Waals surface area contributed by atoms with Crippen LogP contribution in [0.15, 0.2) is 52.2 Å². The van der Waals surface area contributed by atoms with Crippen LogP contribution < -0.4 is 10.4 Å². The van der Waals surface area contributed by atoms with Crippen molar-refractivity contribution in [2.75, 3.05) is 6.61 Å². The van der Waals surface area contributed by atoms with Crippen molar-refractivity contribution in [1.82, 2.24) is 0 Å². The number of rotatable bonds is 8. The molecule has 1 aromatic heterocycles. The van der Waals surface area contributed by atoms with Crippen molar-refractivity contribution in [3.05, 3.63) is 80.7 Å². The third-order valence-corrected chi connectivity index (χ3v) is 5.13. The monoisotopic (exact) mass is 426 g/mol. The van der Waals surface area contributed by atoms with E-state index < -0.39 is 5.63 Å². The van der Waals surface area contributed by atoms with Crippen molar-refractivity contribution in [2.24, 2.45) is 0 Å². The molecule has 6 heteroatoms. The quantitative estimate of drug-likeness (QED) is 0.353. The van der Waals surface area contributed by atoms with E-state index in [1.165, 1.54) is 0 Å². The fourth-order valence-corrected chi connectivity index (χ4v) is 3.38. The molecule has 0 aliphatic carbocycles. The summed E-state index contributed by atoms with van der Waals surface area (Å²) in [6, 6.07) is 11.2. The highest BCUT2D eigenvalue weighted by atomic mass is 35.5. The van der Waals surface area contributed by atoms with Gasteiger partial charge in [0, 0.05) is 23.4 Å². The number of hydrogen-bond acceptors (Lipinski definition) is 5. The first kappa shape index (κ1) is 21.7. The van der Waals surface area contributed by atoms with Gasteiger partial charge in [-0.1, -0.05) is 48.5 Å². The van der Waals surface area contributed by atoms with Gasteiger partial charge in [-0.3, -0.25) is 4.79 Å². The molecule has 0 radical (unpaired) electrons. The van der Waals surface area contributed by atoms with Crippen LogP contribution in [-0.4, -0.2) is 12.6 Å². The minimum atomic E-state index is -0.474. The average molecular weight is 427 g/mol. The van der Waals surface area contributed by atoms with Crippen LogP contribution in [0.25, 0.3) is 17.0 Å². The first-order valence-electron chi connectivity index (χ1n) is 9.68. The van der Waals surface area contributed by atoms with E-state index in [1.807, 2.05) is 31.2 Å². The second-order valence-electron chi connectivity index (χ2n) is 6.81. The van der Waals surface area contributed by atoms with Crippen molar-refractivity contribution in [3.63, 3.8) is 0 Å². The predicted molar refractivity (Wildman–Crippen MR) is 118 cm³/mol. The molecule has 0 saturated heterocycles. The fourth-order valence-electron chi connectivity index (χ4n) is 3.16. The number of carbonyl (C=O) groups is 1. The Labute approximate surface area is 179 Å². The zero-order valence-corrected chi connectivity index (χ0v) is 17.8. The van der Waals surface area contributed by atoms with Gasteiger partial charge in [0.05, 0.1) is 11.6 Å². The Hall–Kier alpha value is -3.05. The SMILES string of the molecule is C=Cc1ccc(COc2cc3oc(=O)c(CCC(=O)OCC)c(C)c3cc2Cl)cc1. The van der Waals surface area contributed by atoms with Crippen molar-refractivity contribution in [3.8, 4) is 5.75 Å². The summed E-state index contributed by atoms with van der Waals surface area (Å²) in [5, 5.41) is 1.12. The number of halogens is 1. The molecule has 3 rings (SSSR count). The number of hydrogen-bond donors (Lipinski definition) is 0. The minimum Gasteiger partial charge on any atom is -0.487 e. The third kappa shape index (κ3) is 4.92. The molecule has 0 unspecified atom stereocenters. The summed E-state index contributed by atoms with van der Waals surface area (Å²) in [7, 11) is 0. The lowest BCUT2D eigenvalue weighted by atomic mass is 10.0. The molecule has 2 aromatic carbocycles. The molecule has 0 N–H and O–H groups in total. The van der Waals surface area contributed by atoms with Crippen molar-refractivity contribution < 1.29 is 18.7 Å². The van der Waals surface area contributed by atoms with E-state index >= 15 is 0 Å². The van der Waals surface area contributed by atoms with Crippen molar-refractivity contribution in [1.29, 1.82) is 0 Å². The number of fused-ring (bicyclic) bond motifs is 1. The van der Waals surface area contributed by atoms with Crippen LogP contribution in [0.1, 0.15) is 35.6 Å². The number of ether oxygens (including phenoxy) is 2. The Balaban J connectivity index is 1.84. The zero-order chi connectivity index (χ0) is 21.7. The van der Waals surface area contributed by atoms with E-state index in [0.29, 0.717) is 40.5 Å². The summed E-state index contributed by atoms with van der Waals surface area (Å²) >= 11 is 6.42. The number of benzene rings is 2. The second-order valence-corrected chi connectivity index (χ2v) is 7.22. The normalized spacial score (nSPS) is 10.8. The molecule has 0 spiro atoms. The lowest BCUT2D eigenvalue weighted by Crippen LogP contribution is -2.13. The molecule has 5 nitrogen and oxygen atoms in total. The summed E-state index contributed by atoms with van der Waals surface area (Å²) in [6.07, 6.45) is 2.14. The van der Waals surface area contributed by atoms with Gasteiger partial charge < -0.3 is 13.9 Å². The number of esters is 1. The van der Waals surface area contributed by atoms with Gasteiger partial charge in [0.1, 0.15) is 17.9 Å². The van der Waals surface area contributed by atoms with Gasteiger partial charge in [-0.25, -0.2) is 4.79 Å². The Morgan fingerprint density at radius 2 is 1.97 bits per heavy atom. The number of aryl methyl sites for hydroxylation is 1. The molecule has 156 valence electrons. The second kappa shape index (κ2) is 9.63. The molecule has 0 aliphatic rings. The van der Waals surface area contributed by atoms with Crippen LogP contribution in [0.4, 0.5) is 0 Å². The van der Waals surface area contributed by atoms with E-state index in [-0.39, 0.29) is 18.8 Å². The van der Waals surface area contributed by atoms with Gasteiger partial charge in [-0.05, 0) is 43.0 Å². The van der Waals surface area contributed by atoms with E-state index in [9.17, 15) is 9.59 Å². The van der Waals surface area contributed by atoms with Gasteiger partial charge in [0.2, 0.25) is 0 Å². The maximum absolute atomic E-state index is 12.5. The Morgan fingerprint density at radius 1 is 1.23 bits per heavy atom. The van der Waals surface area contributed by atoms with E-state index in [1.54, 1.807) is 25.1 Å². The first-order chi connectivity index (χ1) is 14.4. The molecule has 0 bridgehead atoms. The van der Waals surface area contributed by atoms with Crippen LogP contribution in [0.2, 0.25) is 5.02 Å². The Morgan fingerprint density at radius 3 is 2.63 bits per heavy atom. The lowest BCUT2D eigenvalue weighted by Gasteiger charge is -2.12. The van der Waals surface area contributed by atoms with Crippen LogP contribution in [0.5, 0.6) is 5.75 Å². The molecule has 0 aliphatic heterocycles. The third-order valence-electron chi connectivity index (χ3n) is 4.83. The van der Waals surface area contributed by atoms with Crippen LogP contribution in [0.3, 0.4) is 0 Å². The maximum atomic E-state index is 12.5. The molecule has 3 aromatic rings. The summed E-state index contributed by atoms with van der Waals surface area (Å²) in [5.74, 6) is 0.0816. The minimum absolute atomic E-state index is 0.116. The van der Waals surface area contributed by atoms with Gasteiger partial charge in [0.15, 0.2) is 0 Å². The van der Waals surface area contributed by atoms with E-state index in [0.717, 1.165) is 16.7 Å². The van der Waals surface area contributed by atoms with Gasteiger partial charge in [0.25, 0.3) is 0 Å². The first-order valence-corrected chi connectivity index (χ1v) is 10.1. The predicted octanol–water partition coefficient (Wildman–Crippen LogP) is 5.47. The largest absolute Gasteiger partial charge is 0.487 e. The Kier molecular flexibility index (Phi) is 6.95. The van der Waals surface area contributed by atoms with Gasteiger partial charge in [-0.15, -0.1) is 0 Å². The lowest BCUT2D eigenvalue weighted by molar-refractivity contribution is -0.143. The highest BCUT2D eigenvalue weighted by Crippen LogP contribution is 2.32. The van der Waals surface area contributed by atoms with Crippen LogP contribution in [-0.2, 0) is 22.6 Å². The average Bonchev–Trinajstić information content (AvgIpc) is 2.73. The summed E-state index contributed by atoms with van der Waals surface area (Å²) in [5.41, 5.74) is 3.10. The van der Waals surface area contributed by atoms with Crippen molar-refractivity contribution >= 4 is 34.6 Å². The molecule has 1 heterocycles. The summed E-state index contributed by atoms with van der Waals surface area (Å²) in [6.45, 7) is 7.92. The molecule has 0 saturated carbocycles. The number of carbonyl (C=O) groups excluding carboxylic acids is 1. The summed E-state index contributed by atoms with van der Waals surface area (Å²) in [4.78, 5) is 24.1. The molecular formula is C24H23ClO5.